The van der Waals surface area contributed by atoms with Crippen LogP contribution in [0.4, 0.5) is 0 Å². The number of benzene rings is 2. The Bertz CT molecular complexity index is 936. The molecule has 0 aromatic heterocycles. The van der Waals surface area contributed by atoms with E-state index in [4.69, 9.17) is 4.74 Å². The lowest BCUT2D eigenvalue weighted by atomic mass is 10.0. The molecule has 0 unspecified atom stereocenters. The van der Waals surface area contributed by atoms with Crippen LogP contribution in [0, 0.1) is 0 Å². The topological polar surface area (TPSA) is 46.6 Å². The Morgan fingerprint density at radius 1 is 0.939 bits per heavy atom. The minimum Gasteiger partial charge on any atom is -0.457 e. The van der Waals surface area contributed by atoms with Crippen molar-refractivity contribution in [2.45, 2.75) is 77.9 Å². The molecule has 0 saturated heterocycles. The van der Waals surface area contributed by atoms with E-state index in [2.05, 4.69) is 11.6 Å². The second kappa shape index (κ2) is 11.3. The quantitative estimate of drug-likeness (QED) is 0.236. The molecule has 1 aliphatic rings. The maximum Gasteiger partial charge on any atom is 0.335 e. The lowest BCUT2D eigenvalue weighted by Crippen LogP contribution is -2.39. The lowest BCUT2D eigenvalue weighted by Gasteiger charge is -2.35. The fourth-order valence-corrected chi connectivity index (χ4v) is 7.42. The third-order valence-corrected chi connectivity index (χ3v) is 9.17. The summed E-state index contributed by atoms with van der Waals surface area (Å²) in [5, 5.41) is 1.59. The van der Waals surface area contributed by atoms with E-state index in [0.717, 1.165) is 29.9 Å². The van der Waals surface area contributed by atoms with Gasteiger partial charge in [0.2, 0.25) is 7.29 Å². The number of ether oxygens (including phenoxy) is 1. The third-order valence-electron chi connectivity index (χ3n) is 6.01. The Balaban J connectivity index is 1.97. The molecule has 0 radical (unpaired) electrons. The van der Waals surface area contributed by atoms with Crippen molar-refractivity contribution in [3.63, 3.8) is 0 Å². The first-order chi connectivity index (χ1) is 15.8. The standard InChI is InChI=1S/C28H38NO3P/c1-5-6-7-8-15-20-26-25(27(30)32-28(2,3)4)21-22-29(26)33(31,23-16-11-9-12-17-23)24-18-13-10-14-19-24/h9-14,16-19,21,26H,5-8,15,20,22H2,1-4H3/t26-/m1/s1. The molecule has 1 atom stereocenters. The second-order valence-electron chi connectivity index (χ2n) is 9.75. The molecule has 1 aliphatic heterocycles. The van der Waals surface area contributed by atoms with Crippen molar-refractivity contribution in [1.82, 2.24) is 4.67 Å². The Labute approximate surface area is 199 Å². The van der Waals surface area contributed by atoms with Gasteiger partial charge in [-0.3, -0.25) is 4.57 Å². The highest BCUT2D eigenvalue weighted by molar-refractivity contribution is 7.76. The fraction of sp³-hybridized carbons (Fsp3) is 0.464. The predicted molar refractivity (Wildman–Crippen MR) is 138 cm³/mol. The molecule has 0 saturated carbocycles. The number of rotatable bonds is 10. The van der Waals surface area contributed by atoms with Crippen molar-refractivity contribution in [3.8, 4) is 0 Å². The Hall–Kier alpha value is -2.16. The van der Waals surface area contributed by atoms with E-state index >= 15 is 0 Å². The molecular formula is C28H38NO3P. The van der Waals surface area contributed by atoms with Gasteiger partial charge in [0, 0.05) is 23.2 Å². The van der Waals surface area contributed by atoms with Gasteiger partial charge < -0.3 is 4.74 Å². The van der Waals surface area contributed by atoms with Gasteiger partial charge in [0.05, 0.1) is 5.57 Å². The fourth-order valence-electron chi connectivity index (χ4n) is 4.43. The maximum absolute atomic E-state index is 15.0. The summed E-state index contributed by atoms with van der Waals surface area (Å²) in [6.45, 7) is 8.33. The summed E-state index contributed by atoms with van der Waals surface area (Å²) in [4.78, 5) is 13.1. The number of esters is 1. The molecule has 0 fully saturated rings. The highest BCUT2D eigenvalue weighted by atomic mass is 31.2. The molecule has 0 aliphatic carbocycles. The van der Waals surface area contributed by atoms with Crippen molar-refractivity contribution in [3.05, 3.63) is 72.3 Å². The lowest BCUT2D eigenvalue weighted by molar-refractivity contribution is -0.150. The van der Waals surface area contributed by atoms with Crippen LogP contribution in [0.5, 0.6) is 0 Å². The van der Waals surface area contributed by atoms with E-state index in [0.29, 0.717) is 12.1 Å². The van der Waals surface area contributed by atoms with Crippen molar-refractivity contribution in [2.24, 2.45) is 0 Å². The first-order valence-corrected chi connectivity index (χ1v) is 13.8. The summed E-state index contributed by atoms with van der Waals surface area (Å²) in [5.41, 5.74) is 0.0760. The second-order valence-corrected chi connectivity index (χ2v) is 12.4. The SMILES string of the molecule is CCCCCCC[C@@H]1C(C(=O)OC(C)(C)C)=CCN1P(=O)(c1ccccc1)c1ccccc1. The third kappa shape index (κ3) is 6.25. The van der Waals surface area contributed by atoms with Crippen LogP contribution in [0.1, 0.15) is 66.2 Å². The minimum absolute atomic E-state index is 0.229. The molecule has 2 aromatic carbocycles. The van der Waals surface area contributed by atoms with E-state index in [9.17, 15) is 9.36 Å². The molecule has 5 heteroatoms. The first-order valence-electron chi connectivity index (χ1n) is 12.2. The Morgan fingerprint density at radius 3 is 2.00 bits per heavy atom. The zero-order valence-corrected chi connectivity index (χ0v) is 21.4. The molecule has 33 heavy (non-hydrogen) atoms. The molecule has 0 bridgehead atoms. The summed E-state index contributed by atoms with van der Waals surface area (Å²) in [5.74, 6) is -0.295. The van der Waals surface area contributed by atoms with E-state index in [1.165, 1.54) is 19.3 Å². The summed E-state index contributed by atoms with van der Waals surface area (Å²) in [7, 11) is -3.14. The van der Waals surface area contributed by atoms with Gasteiger partial charge in [-0.25, -0.2) is 9.46 Å². The van der Waals surface area contributed by atoms with Gasteiger partial charge in [-0.05, 0) is 51.5 Å². The normalized spacial score (nSPS) is 17.1. The molecule has 0 N–H and O–H groups in total. The number of hydrogen-bond acceptors (Lipinski definition) is 3. The predicted octanol–water partition coefficient (Wildman–Crippen LogP) is 6.23. The number of carbonyl (C=O) groups is 1. The molecule has 3 rings (SSSR count). The van der Waals surface area contributed by atoms with Crippen LogP contribution in [-0.4, -0.2) is 28.8 Å². The number of carbonyl (C=O) groups excluding carboxylic acids is 1. The van der Waals surface area contributed by atoms with Crippen molar-refractivity contribution < 1.29 is 14.1 Å². The van der Waals surface area contributed by atoms with Crippen molar-refractivity contribution >= 4 is 23.9 Å². The highest BCUT2D eigenvalue weighted by Crippen LogP contribution is 2.52. The van der Waals surface area contributed by atoms with Crippen LogP contribution in [0.2, 0.25) is 0 Å². The van der Waals surface area contributed by atoms with E-state index in [1.807, 2.05) is 87.5 Å². The molecule has 4 nitrogen and oxygen atoms in total. The molecule has 2 aromatic rings. The monoisotopic (exact) mass is 467 g/mol. The summed E-state index contributed by atoms with van der Waals surface area (Å²) in [6.07, 6.45) is 8.42. The van der Waals surface area contributed by atoms with Crippen LogP contribution in [-0.2, 0) is 14.1 Å². The maximum atomic E-state index is 15.0. The zero-order valence-electron chi connectivity index (χ0n) is 20.5. The van der Waals surface area contributed by atoms with Crippen molar-refractivity contribution in [1.29, 1.82) is 0 Å². The van der Waals surface area contributed by atoms with Gasteiger partial charge in [0.15, 0.2) is 0 Å². The van der Waals surface area contributed by atoms with E-state index in [-0.39, 0.29) is 12.0 Å². The average molecular weight is 468 g/mol. The average Bonchev–Trinajstić information content (AvgIpc) is 3.23. The number of unbranched alkanes of at least 4 members (excludes halogenated alkanes) is 4. The number of nitrogens with zero attached hydrogens (tertiary/aromatic N) is 1. The van der Waals surface area contributed by atoms with Gasteiger partial charge in [-0.15, -0.1) is 0 Å². The van der Waals surface area contributed by atoms with Gasteiger partial charge in [0.25, 0.3) is 0 Å². The summed E-state index contributed by atoms with van der Waals surface area (Å²) in [6, 6.07) is 19.2. The van der Waals surface area contributed by atoms with Gasteiger partial charge >= 0.3 is 5.97 Å². The molecule has 178 valence electrons. The van der Waals surface area contributed by atoms with Crippen LogP contribution in [0.3, 0.4) is 0 Å². The summed E-state index contributed by atoms with van der Waals surface area (Å²) >= 11 is 0. The Kier molecular flexibility index (Phi) is 8.73. The zero-order chi connectivity index (χ0) is 23.9. The smallest absolute Gasteiger partial charge is 0.335 e. The van der Waals surface area contributed by atoms with Crippen LogP contribution < -0.4 is 10.6 Å². The first kappa shape index (κ1) is 25.5. The molecular weight excluding hydrogens is 429 g/mol. The Morgan fingerprint density at radius 2 is 1.48 bits per heavy atom. The van der Waals surface area contributed by atoms with E-state index < -0.39 is 12.9 Å². The molecule has 0 spiro atoms. The minimum atomic E-state index is -3.14. The summed E-state index contributed by atoms with van der Waals surface area (Å²) < 4.78 is 22.8. The largest absolute Gasteiger partial charge is 0.457 e. The molecule has 1 heterocycles. The molecule has 0 amide bonds. The van der Waals surface area contributed by atoms with Crippen LogP contribution in [0.15, 0.2) is 72.3 Å². The van der Waals surface area contributed by atoms with Crippen LogP contribution in [0.25, 0.3) is 0 Å². The van der Waals surface area contributed by atoms with Crippen molar-refractivity contribution in [2.75, 3.05) is 6.54 Å². The van der Waals surface area contributed by atoms with Crippen LogP contribution >= 0.6 is 7.29 Å². The number of hydrogen-bond donors (Lipinski definition) is 0. The van der Waals surface area contributed by atoms with Gasteiger partial charge in [0.1, 0.15) is 5.60 Å². The van der Waals surface area contributed by atoms with Gasteiger partial charge in [-0.2, -0.15) is 0 Å². The highest BCUT2D eigenvalue weighted by Gasteiger charge is 2.44. The van der Waals surface area contributed by atoms with Gasteiger partial charge in [-0.1, -0.05) is 81.5 Å². The van der Waals surface area contributed by atoms with E-state index in [1.54, 1.807) is 0 Å².